The van der Waals surface area contributed by atoms with E-state index in [2.05, 4.69) is 37.7 Å². The molecule has 0 aromatic heterocycles. The first-order valence-electron chi connectivity index (χ1n) is 7.33. The molecule has 0 radical (unpaired) electrons. The standard InChI is InChI=1S/C15H27N3O2S/c1-11(2)8-15(9-12(3)4)17-13-6-5-7-14(10-13)18-21(16,19)20/h5-7,10-12,15,17-18H,8-9H2,1-4H3,(H2,16,19,20). The summed E-state index contributed by atoms with van der Waals surface area (Å²) >= 11 is 0. The highest BCUT2D eigenvalue weighted by molar-refractivity contribution is 7.90. The first kappa shape index (κ1) is 17.8. The Bertz CT molecular complexity index is 532. The van der Waals surface area contributed by atoms with Gasteiger partial charge in [-0.2, -0.15) is 8.42 Å². The number of hydrogen-bond donors (Lipinski definition) is 3. The van der Waals surface area contributed by atoms with Crippen molar-refractivity contribution in [3.63, 3.8) is 0 Å². The van der Waals surface area contributed by atoms with Gasteiger partial charge < -0.3 is 5.32 Å². The lowest BCUT2D eigenvalue weighted by molar-refractivity contribution is 0.442. The summed E-state index contributed by atoms with van der Waals surface area (Å²) in [5, 5.41) is 8.48. The average Bonchev–Trinajstić information content (AvgIpc) is 2.24. The molecule has 0 saturated carbocycles. The van der Waals surface area contributed by atoms with E-state index >= 15 is 0 Å². The van der Waals surface area contributed by atoms with Crippen molar-refractivity contribution in [1.82, 2.24) is 0 Å². The number of anilines is 2. The van der Waals surface area contributed by atoms with Crippen LogP contribution in [0.5, 0.6) is 0 Å². The lowest BCUT2D eigenvalue weighted by Gasteiger charge is -2.24. The zero-order valence-corrected chi connectivity index (χ0v) is 14.1. The fourth-order valence-electron chi connectivity index (χ4n) is 2.42. The zero-order chi connectivity index (χ0) is 16.0. The maximum atomic E-state index is 11.1. The van der Waals surface area contributed by atoms with Crippen molar-refractivity contribution in [2.45, 2.75) is 46.6 Å². The minimum absolute atomic E-state index is 0.370. The summed E-state index contributed by atoms with van der Waals surface area (Å²) in [5.74, 6) is 1.21. The molecule has 6 heteroatoms. The Hall–Kier alpha value is -1.27. The Morgan fingerprint density at radius 3 is 2.05 bits per heavy atom. The molecule has 1 aromatic carbocycles. The number of hydrogen-bond acceptors (Lipinski definition) is 3. The SMILES string of the molecule is CC(C)CC(CC(C)C)Nc1cccc(NS(N)(=O)=O)c1. The summed E-state index contributed by atoms with van der Waals surface area (Å²) in [6, 6.07) is 7.54. The van der Waals surface area contributed by atoms with Crippen molar-refractivity contribution in [3.05, 3.63) is 24.3 Å². The molecule has 0 fully saturated rings. The lowest BCUT2D eigenvalue weighted by atomic mass is 9.95. The van der Waals surface area contributed by atoms with Crippen LogP contribution in [-0.4, -0.2) is 14.5 Å². The van der Waals surface area contributed by atoms with Crippen LogP contribution in [0.25, 0.3) is 0 Å². The van der Waals surface area contributed by atoms with E-state index in [-0.39, 0.29) is 0 Å². The Labute approximate surface area is 128 Å². The maximum Gasteiger partial charge on any atom is 0.296 e. The Kier molecular flexibility index (Phi) is 6.48. The van der Waals surface area contributed by atoms with Gasteiger partial charge in [-0.25, -0.2) is 5.14 Å². The first-order valence-corrected chi connectivity index (χ1v) is 8.87. The van der Waals surface area contributed by atoms with Crippen LogP contribution in [-0.2, 0) is 10.2 Å². The van der Waals surface area contributed by atoms with Crippen molar-refractivity contribution in [3.8, 4) is 0 Å². The molecular formula is C15H27N3O2S. The zero-order valence-electron chi connectivity index (χ0n) is 13.3. The molecule has 0 aliphatic carbocycles. The van der Waals surface area contributed by atoms with E-state index in [0.29, 0.717) is 23.6 Å². The smallest absolute Gasteiger partial charge is 0.296 e. The van der Waals surface area contributed by atoms with E-state index in [1.807, 2.05) is 6.07 Å². The molecular weight excluding hydrogens is 286 g/mol. The van der Waals surface area contributed by atoms with Gasteiger partial charge in [0.05, 0.1) is 5.69 Å². The van der Waals surface area contributed by atoms with Gasteiger partial charge in [0, 0.05) is 11.7 Å². The second kappa shape index (κ2) is 7.66. The lowest BCUT2D eigenvalue weighted by Crippen LogP contribution is -2.24. The molecule has 5 nitrogen and oxygen atoms in total. The number of nitrogens with two attached hydrogens (primary N) is 1. The molecule has 0 aliphatic rings. The van der Waals surface area contributed by atoms with Crippen LogP contribution in [0, 0.1) is 11.8 Å². The van der Waals surface area contributed by atoms with E-state index < -0.39 is 10.2 Å². The topological polar surface area (TPSA) is 84.2 Å². The minimum Gasteiger partial charge on any atom is -0.382 e. The molecule has 0 spiro atoms. The molecule has 4 N–H and O–H groups in total. The summed E-state index contributed by atoms with van der Waals surface area (Å²) in [6.07, 6.45) is 2.15. The van der Waals surface area contributed by atoms with Gasteiger partial charge in [-0.15, -0.1) is 0 Å². The third kappa shape index (κ3) is 7.92. The third-order valence-electron chi connectivity index (χ3n) is 3.01. The minimum atomic E-state index is -3.74. The maximum absolute atomic E-state index is 11.1. The summed E-state index contributed by atoms with van der Waals surface area (Å²) in [6.45, 7) is 8.81. The largest absolute Gasteiger partial charge is 0.382 e. The Morgan fingerprint density at radius 2 is 1.57 bits per heavy atom. The highest BCUT2D eigenvalue weighted by atomic mass is 32.2. The van der Waals surface area contributed by atoms with E-state index in [9.17, 15) is 8.42 Å². The highest BCUT2D eigenvalue weighted by Crippen LogP contribution is 2.21. The van der Waals surface area contributed by atoms with Crippen LogP contribution in [0.1, 0.15) is 40.5 Å². The van der Waals surface area contributed by atoms with Crippen molar-refractivity contribution >= 4 is 21.6 Å². The summed E-state index contributed by atoms with van der Waals surface area (Å²) in [7, 11) is -3.74. The fraction of sp³-hybridized carbons (Fsp3) is 0.600. The Morgan fingerprint density at radius 1 is 1.05 bits per heavy atom. The van der Waals surface area contributed by atoms with Crippen LogP contribution >= 0.6 is 0 Å². The number of benzene rings is 1. The van der Waals surface area contributed by atoms with Gasteiger partial charge in [0.25, 0.3) is 10.2 Å². The fourth-order valence-corrected chi connectivity index (χ4v) is 2.88. The third-order valence-corrected chi connectivity index (χ3v) is 3.53. The molecule has 0 unspecified atom stereocenters. The van der Waals surface area contributed by atoms with Gasteiger partial charge in [0.1, 0.15) is 0 Å². The van der Waals surface area contributed by atoms with Crippen molar-refractivity contribution < 1.29 is 8.42 Å². The Balaban J connectivity index is 2.81. The summed E-state index contributed by atoms with van der Waals surface area (Å²) in [5.41, 5.74) is 1.37. The van der Waals surface area contributed by atoms with E-state index in [1.165, 1.54) is 0 Å². The van der Waals surface area contributed by atoms with Gasteiger partial charge in [0.15, 0.2) is 0 Å². The van der Waals surface area contributed by atoms with Crippen LogP contribution in [0.2, 0.25) is 0 Å². The predicted molar refractivity (Wildman–Crippen MR) is 89.5 cm³/mol. The van der Waals surface area contributed by atoms with E-state index in [4.69, 9.17) is 5.14 Å². The predicted octanol–water partition coefficient (Wildman–Crippen LogP) is 3.17. The molecule has 0 bridgehead atoms. The molecule has 21 heavy (non-hydrogen) atoms. The molecule has 0 amide bonds. The summed E-state index contributed by atoms with van der Waals surface area (Å²) < 4.78 is 24.4. The van der Waals surface area contributed by atoms with Gasteiger partial charge >= 0.3 is 0 Å². The van der Waals surface area contributed by atoms with E-state index in [0.717, 1.165) is 18.5 Å². The number of rotatable bonds is 8. The first-order chi connectivity index (χ1) is 9.65. The van der Waals surface area contributed by atoms with Crippen molar-refractivity contribution in [2.75, 3.05) is 10.0 Å². The van der Waals surface area contributed by atoms with Gasteiger partial charge in [0.2, 0.25) is 0 Å². The van der Waals surface area contributed by atoms with Crippen LogP contribution in [0.4, 0.5) is 11.4 Å². The molecule has 120 valence electrons. The molecule has 0 heterocycles. The second-order valence-electron chi connectivity index (χ2n) is 6.33. The normalized spacial score (nSPS) is 12.2. The van der Waals surface area contributed by atoms with Crippen molar-refractivity contribution in [1.29, 1.82) is 0 Å². The van der Waals surface area contributed by atoms with Gasteiger partial charge in [-0.3, -0.25) is 4.72 Å². The molecule has 0 aliphatic heterocycles. The molecule has 1 aromatic rings. The van der Waals surface area contributed by atoms with E-state index in [1.54, 1.807) is 18.2 Å². The van der Waals surface area contributed by atoms with Crippen LogP contribution in [0.3, 0.4) is 0 Å². The monoisotopic (exact) mass is 313 g/mol. The van der Waals surface area contributed by atoms with Crippen molar-refractivity contribution in [2.24, 2.45) is 17.0 Å². The average molecular weight is 313 g/mol. The molecule has 0 saturated heterocycles. The number of nitrogens with one attached hydrogen (secondary N) is 2. The van der Waals surface area contributed by atoms with Crippen LogP contribution < -0.4 is 15.2 Å². The quantitative estimate of drug-likeness (QED) is 0.689. The van der Waals surface area contributed by atoms with Gasteiger partial charge in [-0.05, 0) is 42.9 Å². The van der Waals surface area contributed by atoms with Gasteiger partial charge in [-0.1, -0.05) is 33.8 Å². The molecule has 1 rings (SSSR count). The second-order valence-corrected chi connectivity index (χ2v) is 7.62. The van der Waals surface area contributed by atoms with Crippen LogP contribution in [0.15, 0.2) is 24.3 Å². The molecule has 0 atom stereocenters. The highest BCUT2D eigenvalue weighted by Gasteiger charge is 2.13. The summed E-state index contributed by atoms with van der Waals surface area (Å²) in [4.78, 5) is 0.